The zero-order chi connectivity index (χ0) is 13.9. The minimum Gasteiger partial charge on any atom is -0.372 e. The largest absolute Gasteiger partial charge is 0.372 e. The Morgan fingerprint density at radius 1 is 1.11 bits per heavy atom. The van der Waals surface area contributed by atoms with E-state index in [0.29, 0.717) is 0 Å². The summed E-state index contributed by atoms with van der Waals surface area (Å²) in [6.45, 7) is 8.48. The fraction of sp³-hybridized carbons (Fsp3) is 0.529. The van der Waals surface area contributed by atoms with Crippen LogP contribution in [0.5, 0.6) is 0 Å². The Morgan fingerprint density at radius 3 is 2.37 bits per heavy atom. The fourth-order valence-corrected chi connectivity index (χ4v) is 2.12. The second kappa shape index (κ2) is 9.47. The first kappa shape index (κ1) is 15.6. The standard InChI is InChI=1S/C17H26N2/c1-4-7-8-9-14-18-15-16-10-12-17(13-11-16)19(5-2)6-3/h1,10-13,18H,5-9,14-15H2,2-3H3. The lowest BCUT2D eigenvalue weighted by molar-refractivity contribution is 0.630. The molecule has 0 heterocycles. The minimum atomic E-state index is 0.889. The summed E-state index contributed by atoms with van der Waals surface area (Å²) in [5.74, 6) is 2.67. The molecule has 0 amide bonds. The molecule has 0 bridgehead atoms. The van der Waals surface area contributed by atoms with Crippen molar-refractivity contribution in [2.75, 3.05) is 24.5 Å². The molecule has 104 valence electrons. The molecular formula is C17H26N2. The first-order chi connectivity index (χ1) is 9.31. The Balaban J connectivity index is 2.30. The van der Waals surface area contributed by atoms with Gasteiger partial charge in [-0.3, -0.25) is 0 Å². The lowest BCUT2D eigenvalue weighted by atomic mass is 10.2. The van der Waals surface area contributed by atoms with Crippen molar-refractivity contribution in [2.45, 2.75) is 39.7 Å². The van der Waals surface area contributed by atoms with Gasteiger partial charge in [-0.2, -0.15) is 0 Å². The zero-order valence-electron chi connectivity index (χ0n) is 12.3. The van der Waals surface area contributed by atoms with Gasteiger partial charge in [-0.15, -0.1) is 12.3 Å². The number of hydrogen-bond acceptors (Lipinski definition) is 2. The van der Waals surface area contributed by atoms with E-state index in [1.807, 2.05) is 0 Å². The van der Waals surface area contributed by atoms with Crippen molar-refractivity contribution in [3.8, 4) is 12.3 Å². The smallest absolute Gasteiger partial charge is 0.0366 e. The number of rotatable bonds is 9. The molecule has 1 aromatic rings. The highest BCUT2D eigenvalue weighted by molar-refractivity contribution is 5.47. The number of benzene rings is 1. The van der Waals surface area contributed by atoms with Crippen molar-refractivity contribution in [1.29, 1.82) is 0 Å². The highest BCUT2D eigenvalue weighted by Crippen LogP contribution is 2.14. The molecule has 1 N–H and O–H groups in total. The van der Waals surface area contributed by atoms with E-state index in [1.165, 1.54) is 11.3 Å². The summed E-state index contributed by atoms with van der Waals surface area (Å²) in [6.07, 6.45) is 8.38. The summed E-state index contributed by atoms with van der Waals surface area (Å²) >= 11 is 0. The van der Waals surface area contributed by atoms with Gasteiger partial charge in [-0.05, 0) is 50.9 Å². The van der Waals surface area contributed by atoms with Crippen molar-refractivity contribution >= 4 is 5.69 Å². The quantitative estimate of drug-likeness (QED) is 0.539. The van der Waals surface area contributed by atoms with Crippen LogP contribution in [0.2, 0.25) is 0 Å². The van der Waals surface area contributed by atoms with Crippen LogP contribution in [0.25, 0.3) is 0 Å². The number of anilines is 1. The highest BCUT2D eigenvalue weighted by atomic mass is 15.1. The van der Waals surface area contributed by atoms with Gasteiger partial charge in [0, 0.05) is 31.7 Å². The lowest BCUT2D eigenvalue weighted by Crippen LogP contribution is -2.21. The van der Waals surface area contributed by atoms with Crippen LogP contribution in [0.3, 0.4) is 0 Å². The normalized spacial score (nSPS) is 10.2. The number of unbranched alkanes of at least 4 members (excludes halogenated alkanes) is 2. The van der Waals surface area contributed by atoms with Gasteiger partial charge in [0.2, 0.25) is 0 Å². The summed E-state index contributed by atoms with van der Waals surface area (Å²) in [7, 11) is 0. The summed E-state index contributed by atoms with van der Waals surface area (Å²) in [5.41, 5.74) is 2.65. The first-order valence-electron chi connectivity index (χ1n) is 7.29. The van der Waals surface area contributed by atoms with Crippen LogP contribution in [0.15, 0.2) is 24.3 Å². The molecule has 0 aliphatic carbocycles. The molecule has 0 unspecified atom stereocenters. The third-order valence-electron chi connectivity index (χ3n) is 3.32. The topological polar surface area (TPSA) is 15.3 Å². The number of terminal acetylenes is 1. The minimum absolute atomic E-state index is 0.889. The van der Waals surface area contributed by atoms with Gasteiger partial charge in [0.1, 0.15) is 0 Å². The van der Waals surface area contributed by atoms with Gasteiger partial charge in [-0.25, -0.2) is 0 Å². The van der Waals surface area contributed by atoms with Gasteiger partial charge < -0.3 is 10.2 Å². The van der Waals surface area contributed by atoms with Gasteiger partial charge in [0.25, 0.3) is 0 Å². The van der Waals surface area contributed by atoms with E-state index in [-0.39, 0.29) is 0 Å². The van der Waals surface area contributed by atoms with Crippen LogP contribution in [-0.2, 0) is 6.54 Å². The predicted molar refractivity (Wildman–Crippen MR) is 84.4 cm³/mol. The predicted octanol–water partition coefficient (Wildman–Crippen LogP) is 3.43. The van der Waals surface area contributed by atoms with Gasteiger partial charge >= 0.3 is 0 Å². The molecule has 0 saturated heterocycles. The third kappa shape index (κ3) is 5.81. The Morgan fingerprint density at radius 2 is 1.79 bits per heavy atom. The SMILES string of the molecule is C#CCCCCNCc1ccc(N(CC)CC)cc1. The van der Waals surface area contributed by atoms with Gasteiger partial charge in [0.15, 0.2) is 0 Å². The molecule has 2 nitrogen and oxygen atoms in total. The average Bonchev–Trinajstić information content (AvgIpc) is 2.45. The van der Waals surface area contributed by atoms with Crippen molar-refractivity contribution < 1.29 is 0 Å². The maximum absolute atomic E-state index is 5.22. The first-order valence-corrected chi connectivity index (χ1v) is 7.29. The second-order valence-electron chi connectivity index (χ2n) is 4.68. The van der Waals surface area contributed by atoms with E-state index in [0.717, 1.165) is 45.4 Å². The van der Waals surface area contributed by atoms with E-state index in [1.54, 1.807) is 0 Å². The van der Waals surface area contributed by atoms with Crippen LogP contribution in [-0.4, -0.2) is 19.6 Å². The third-order valence-corrected chi connectivity index (χ3v) is 3.32. The van der Waals surface area contributed by atoms with Crippen molar-refractivity contribution in [2.24, 2.45) is 0 Å². The van der Waals surface area contributed by atoms with Crippen LogP contribution in [0, 0.1) is 12.3 Å². The zero-order valence-corrected chi connectivity index (χ0v) is 12.3. The van der Waals surface area contributed by atoms with Crippen LogP contribution in [0.1, 0.15) is 38.7 Å². The van der Waals surface area contributed by atoms with Crippen LogP contribution < -0.4 is 10.2 Å². The molecule has 0 aliphatic heterocycles. The molecule has 1 aromatic carbocycles. The molecule has 0 spiro atoms. The number of nitrogens with one attached hydrogen (secondary N) is 1. The monoisotopic (exact) mass is 258 g/mol. The maximum Gasteiger partial charge on any atom is 0.0366 e. The molecular weight excluding hydrogens is 232 g/mol. The Hall–Kier alpha value is -1.46. The maximum atomic E-state index is 5.22. The van der Waals surface area contributed by atoms with E-state index in [9.17, 15) is 0 Å². The highest BCUT2D eigenvalue weighted by Gasteiger charge is 2.00. The lowest BCUT2D eigenvalue weighted by Gasteiger charge is -2.21. The molecule has 1 rings (SSSR count). The Kier molecular flexibility index (Phi) is 7.77. The number of nitrogens with zero attached hydrogens (tertiary/aromatic N) is 1. The Labute approximate surface area is 118 Å². The molecule has 0 aliphatic rings. The molecule has 0 radical (unpaired) electrons. The van der Waals surface area contributed by atoms with E-state index in [2.05, 4.69) is 54.3 Å². The summed E-state index contributed by atoms with van der Waals surface area (Å²) < 4.78 is 0. The fourth-order valence-electron chi connectivity index (χ4n) is 2.12. The summed E-state index contributed by atoms with van der Waals surface area (Å²) in [4.78, 5) is 2.36. The second-order valence-corrected chi connectivity index (χ2v) is 4.68. The van der Waals surface area contributed by atoms with E-state index < -0.39 is 0 Å². The van der Waals surface area contributed by atoms with Gasteiger partial charge in [-0.1, -0.05) is 12.1 Å². The average molecular weight is 258 g/mol. The van der Waals surface area contributed by atoms with Crippen molar-refractivity contribution in [3.05, 3.63) is 29.8 Å². The molecule has 19 heavy (non-hydrogen) atoms. The molecule has 0 saturated carbocycles. The Bertz CT molecular complexity index is 371. The van der Waals surface area contributed by atoms with Gasteiger partial charge in [0.05, 0.1) is 0 Å². The molecule has 2 heteroatoms. The van der Waals surface area contributed by atoms with E-state index >= 15 is 0 Å². The number of hydrogen-bond donors (Lipinski definition) is 1. The van der Waals surface area contributed by atoms with Crippen LogP contribution >= 0.6 is 0 Å². The van der Waals surface area contributed by atoms with Crippen molar-refractivity contribution in [1.82, 2.24) is 5.32 Å². The summed E-state index contributed by atoms with van der Waals surface area (Å²) in [5, 5.41) is 3.46. The van der Waals surface area contributed by atoms with E-state index in [4.69, 9.17) is 6.42 Å². The summed E-state index contributed by atoms with van der Waals surface area (Å²) in [6, 6.07) is 8.84. The molecule has 0 aromatic heterocycles. The molecule has 0 fully saturated rings. The molecule has 0 atom stereocenters. The van der Waals surface area contributed by atoms with Crippen molar-refractivity contribution in [3.63, 3.8) is 0 Å². The van der Waals surface area contributed by atoms with Crippen LogP contribution in [0.4, 0.5) is 5.69 Å².